The second kappa shape index (κ2) is 7.90. The number of anilines is 1. The van der Waals surface area contributed by atoms with Crippen molar-refractivity contribution >= 4 is 34.9 Å². The van der Waals surface area contributed by atoms with Gasteiger partial charge in [0.1, 0.15) is 6.07 Å². The fourth-order valence-electron chi connectivity index (χ4n) is 1.81. The molecule has 0 radical (unpaired) electrons. The molecule has 126 valence electrons. The van der Waals surface area contributed by atoms with Crippen LogP contribution >= 0.6 is 11.6 Å². The number of carbonyl (C=O) groups excluding carboxylic acids is 2. The number of hydrogen-bond donors (Lipinski definition) is 1. The Hall–Kier alpha value is -3.44. The monoisotopic (exact) mass is 359 g/mol. The molecule has 0 aliphatic rings. The first-order valence-corrected chi connectivity index (χ1v) is 7.19. The van der Waals surface area contributed by atoms with E-state index in [0.29, 0.717) is 5.69 Å². The Morgan fingerprint density at radius 1 is 1.24 bits per heavy atom. The summed E-state index contributed by atoms with van der Waals surface area (Å²) in [6, 6.07) is 11.0. The van der Waals surface area contributed by atoms with Crippen LogP contribution in [0.2, 0.25) is 5.02 Å². The van der Waals surface area contributed by atoms with Gasteiger partial charge in [0.25, 0.3) is 11.6 Å². The number of nitrogens with zero attached hydrogens (tertiary/aromatic N) is 2. The van der Waals surface area contributed by atoms with Gasteiger partial charge >= 0.3 is 5.97 Å². The van der Waals surface area contributed by atoms with Gasteiger partial charge in [-0.2, -0.15) is 5.26 Å². The SMILES string of the molecule is N#Cc1ccc(NC(=O)COC(=O)c2ccc([N+](=O)[O-])cc2)cc1Cl. The number of nitrogens with one attached hydrogen (secondary N) is 1. The van der Waals surface area contributed by atoms with Gasteiger partial charge in [0.2, 0.25) is 0 Å². The van der Waals surface area contributed by atoms with Gasteiger partial charge in [-0.3, -0.25) is 14.9 Å². The lowest BCUT2D eigenvalue weighted by molar-refractivity contribution is -0.384. The second-order valence-corrected chi connectivity index (χ2v) is 5.14. The number of hydrogen-bond acceptors (Lipinski definition) is 6. The van der Waals surface area contributed by atoms with Crippen LogP contribution in [-0.2, 0) is 9.53 Å². The van der Waals surface area contributed by atoms with Gasteiger partial charge in [-0.05, 0) is 30.3 Å². The van der Waals surface area contributed by atoms with Crippen LogP contribution < -0.4 is 5.32 Å². The van der Waals surface area contributed by atoms with E-state index < -0.39 is 23.4 Å². The highest BCUT2D eigenvalue weighted by Gasteiger charge is 2.13. The van der Waals surface area contributed by atoms with Crippen molar-refractivity contribution < 1.29 is 19.2 Å². The van der Waals surface area contributed by atoms with Crippen LogP contribution in [0, 0.1) is 21.4 Å². The van der Waals surface area contributed by atoms with E-state index in [1.807, 2.05) is 6.07 Å². The molecule has 0 aliphatic heterocycles. The van der Waals surface area contributed by atoms with Crippen molar-refractivity contribution in [2.75, 3.05) is 11.9 Å². The molecule has 1 N–H and O–H groups in total. The summed E-state index contributed by atoms with van der Waals surface area (Å²) in [6.45, 7) is -0.548. The van der Waals surface area contributed by atoms with Gasteiger partial charge in [0.05, 0.1) is 21.1 Å². The lowest BCUT2D eigenvalue weighted by atomic mass is 10.2. The Balaban J connectivity index is 1.91. The second-order valence-electron chi connectivity index (χ2n) is 4.73. The fourth-order valence-corrected chi connectivity index (χ4v) is 2.04. The van der Waals surface area contributed by atoms with E-state index in [1.165, 1.54) is 30.3 Å². The van der Waals surface area contributed by atoms with Gasteiger partial charge in [0, 0.05) is 17.8 Å². The summed E-state index contributed by atoms with van der Waals surface area (Å²) in [4.78, 5) is 33.5. The summed E-state index contributed by atoms with van der Waals surface area (Å²) >= 11 is 5.85. The molecule has 9 heteroatoms. The van der Waals surface area contributed by atoms with Crippen LogP contribution in [0.5, 0.6) is 0 Å². The van der Waals surface area contributed by atoms with E-state index in [1.54, 1.807) is 0 Å². The number of halogens is 1. The molecule has 0 bridgehead atoms. The van der Waals surface area contributed by atoms with Crippen molar-refractivity contribution in [1.29, 1.82) is 5.26 Å². The molecule has 0 saturated carbocycles. The summed E-state index contributed by atoms with van der Waals surface area (Å²) in [5.74, 6) is -1.39. The standard InChI is InChI=1S/C16H10ClN3O5/c17-14-7-12(4-1-11(14)8-18)19-15(21)9-25-16(22)10-2-5-13(6-3-10)20(23)24/h1-7H,9H2,(H,19,21). The molecule has 0 fully saturated rings. The molecule has 0 unspecified atom stereocenters. The molecule has 2 rings (SSSR count). The van der Waals surface area contributed by atoms with Gasteiger partial charge in [-0.1, -0.05) is 11.6 Å². The molecule has 25 heavy (non-hydrogen) atoms. The molecule has 1 amide bonds. The number of ether oxygens (including phenoxy) is 1. The average Bonchev–Trinajstić information content (AvgIpc) is 2.60. The predicted molar refractivity (Wildman–Crippen MR) is 88.2 cm³/mol. The number of rotatable bonds is 5. The Morgan fingerprint density at radius 3 is 2.48 bits per heavy atom. The van der Waals surface area contributed by atoms with Crippen molar-refractivity contribution in [2.24, 2.45) is 0 Å². The molecule has 0 saturated heterocycles. The molecule has 0 aromatic heterocycles. The number of esters is 1. The summed E-state index contributed by atoms with van der Waals surface area (Å²) < 4.78 is 4.83. The predicted octanol–water partition coefficient (Wildman–Crippen LogP) is 2.92. The average molecular weight is 360 g/mol. The smallest absolute Gasteiger partial charge is 0.338 e. The number of benzene rings is 2. The molecule has 8 nitrogen and oxygen atoms in total. The topological polar surface area (TPSA) is 122 Å². The minimum atomic E-state index is -0.789. The van der Waals surface area contributed by atoms with Crippen LogP contribution in [0.15, 0.2) is 42.5 Å². The third-order valence-electron chi connectivity index (χ3n) is 3.02. The first-order valence-electron chi connectivity index (χ1n) is 6.82. The van der Waals surface area contributed by atoms with Crippen molar-refractivity contribution in [3.05, 3.63) is 68.7 Å². The molecule has 0 atom stereocenters. The highest BCUT2D eigenvalue weighted by Crippen LogP contribution is 2.20. The largest absolute Gasteiger partial charge is 0.452 e. The Labute approximate surface area is 146 Å². The van der Waals surface area contributed by atoms with E-state index >= 15 is 0 Å². The highest BCUT2D eigenvalue weighted by atomic mass is 35.5. The Bertz CT molecular complexity index is 874. The zero-order valence-corrected chi connectivity index (χ0v) is 13.3. The summed E-state index contributed by atoms with van der Waals surface area (Å²) in [6.07, 6.45) is 0. The zero-order chi connectivity index (χ0) is 18.4. The van der Waals surface area contributed by atoms with Gasteiger partial charge < -0.3 is 10.1 Å². The molecular formula is C16H10ClN3O5. The molecule has 0 spiro atoms. The number of nitriles is 1. The zero-order valence-electron chi connectivity index (χ0n) is 12.6. The van der Waals surface area contributed by atoms with Crippen molar-refractivity contribution in [2.45, 2.75) is 0 Å². The quantitative estimate of drug-likeness (QED) is 0.497. The van der Waals surface area contributed by atoms with E-state index in [2.05, 4.69) is 5.32 Å². The van der Waals surface area contributed by atoms with E-state index in [4.69, 9.17) is 21.6 Å². The molecule has 2 aromatic carbocycles. The molecule has 2 aromatic rings. The minimum absolute atomic E-state index is 0.0832. The number of carbonyl (C=O) groups is 2. The molecule has 0 aliphatic carbocycles. The van der Waals surface area contributed by atoms with Crippen LogP contribution in [0.25, 0.3) is 0 Å². The van der Waals surface area contributed by atoms with E-state index in [0.717, 1.165) is 12.1 Å². The summed E-state index contributed by atoms with van der Waals surface area (Å²) in [5.41, 5.74) is 0.538. The van der Waals surface area contributed by atoms with Crippen molar-refractivity contribution in [3.63, 3.8) is 0 Å². The normalized spacial score (nSPS) is 9.76. The summed E-state index contributed by atoms with van der Waals surface area (Å²) in [5, 5.41) is 22.0. The third-order valence-corrected chi connectivity index (χ3v) is 3.33. The fraction of sp³-hybridized carbons (Fsp3) is 0.0625. The molecule has 0 heterocycles. The lowest BCUT2D eigenvalue weighted by Gasteiger charge is -2.07. The number of nitro benzene ring substituents is 1. The first-order chi connectivity index (χ1) is 11.9. The lowest BCUT2D eigenvalue weighted by Crippen LogP contribution is -2.20. The maximum absolute atomic E-state index is 11.8. The number of nitro groups is 1. The van der Waals surface area contributed by atoms with E-state index in [-0.39, 0.29) is 21.8 Å². The third kappa shape index (κ3) is 4.76. The first kappa shape index (κ1) is 17.9. The van der Waals surface area contributed by atoms with Crippen molar-refractivity contribution in [1.82, 2.24) is 0 Å². The highest BCUT2D eigenvalue weighted by molar-refractivity contribution is 6.32. The Kier molecular flexibility index (Phi) is 5.66. The van der Waals surface area contributed by atoms with E-state index in [9.17, 15) is 19.7 Å². The van der Waals surface area contributed by atoms with Crippen LogP contribution in [0.4, 0.5) is 11.4 Å². The van der Waals surface area contributed by atoms with Crippen molar-refractivity contribution in [3.8, 4) is 6.07 Å². The maximum Gasteiger partial charge on any atom is 0.338 e. The maximum atomic E-state index is 11.8. The van der Waals surface area contributed by atoms with Crippen LogP contribution in [-0.4, -0.2) is 23.4 Å². The van der Waals surface area contributed by atoms with Gasteiger partial charge in [0.15, 0.2) is 6.61 Å². The van der Waals surface area contributed by atoms with Crippen LogP contribution in [0.1, 0.15) is 15.9 Å². The summed E-state index contributed by atoms with van der Waals surface area (Å²) in [7, 11) is 0. The van der Waals surface area contributed by atoms with Gasteiger partial charge in [-0.25, -0.2) is 4.79 Å². The number of non-ortho nitro benzene ring substituents is 1. The number of amides is 1. The van der Waals surface area contributed by atoms with Crippen LogP contribution in [0.3, 0.4) is 0 Å². The molecular weight excluding hydrogens is 350 g/mol. The van der Waals surface area contributed by atoms with Gasteiger partial charge in [-0.15, -0.1) is 0 Å². The minimum Gasteiger partial charge on any atom is -0.452 e. The Morgan fingerprint density at radius 2 is 1.92 bits per heavy atom.